The van der Waals surface area contributed by atoms with Crippen LogP contribution in [0.2, 0.25) is 5.02 Å². The van der Waals surface area contributed by atoms with Crippen molar-refractivity contribution in [2.45, 2.75) is 18.3 Å². The summed E-state index contributed by atoms with van der Waals surface area (Å²) < 4.78 is 1.65. The van der Waals surface area contributed by atoms with E-state index in [9.17, 15) is 9.59 Å². The number of hydrogen-bond acceptors (Lipinski definition) is 5. The zero-order valence-corrected chi connectivity index (χ0v) is 14.6. The molecule has 0 saturated heterocycles. The van der Waals surface area contributed by atoms with E-state index < -0.39 is 11.2 Å². The van der Waals surface area contributed by atoms with Gasteiger partial charge in [0.05, 0.1) is 16.3 Å². The third-order valence-electron chi connectivity index (χ3n) is 4.80. The minimum absolute atomic E-state index is 0.229. The lowest BCUT2D eigenvalue weighted by atomic mass is 10.1. The molecule has 0 spiro atoms. The smallest absolute Gasteiger partial charge is 0.313 e. The van der Waals surface area contributed by atoms with Gasteiger partial charge in [0.2, 0.25) is 0 Å². The average molecular weight is 381 g/mol. The highest BCUT2D eigenvalue weighted by atomic mass is 35.5. The van der Waals surface area contributed by atoms with Gasteiger partial charge in [0.15, 0.2) is 5.65 Å². The Morgan fingerprint density at radius 2 is 2.07 bits per heavy atom. The Morgan fingerprint density at radius 3 is 2.85 bits per heavy atom. The number of H-pyrrole nitrogens is 2. The van der Waals surface area contributed by atoms with Crippen LogP contribution < -0.4 is 11.2 Å². The number of pyridine rings is 1. The fourth-order valence-electron chi connectivity index (χ4n) is 3.42. The maximum Gasteiger partial charge on any atom is 0.325 e. The molecule has 9 heteroatoms. The van der Waals surface area contributed by atoms with E-state index in [4.69, 9.17) is 11.6 Å². The first-order valence-corrected chi connectivity index (χ1v) is 8.76. The van der Waals surface area contributed by atoms with E-state index >= 15 is 0 Å². The minimum atomic E-state index is -0.552. The van der Waals surface area contributed by atoms with Crippen LogP contribution in [0.1, 0.15) is 29.5 Å². The highest BCUT2D eigenvalue weighted by Gasteiger charge is 2.42. The van der Waals surface area contributed by atoms with Crippen LogP contribution in [-0.4, -0.2) is 29.5 Å². The van der Waals surface area contributed by atoms with Gasteiger partial charge in [-0.3, -0.25) is 14.8 Å². The normalized spacial score (nSPS) is 18.7. The predicted molar refractivity (Wildman–Crippen MR) is 99.0 cm³/mol. The Morgan fingerprint density at radius 1 is 1.19 bits per heavy atom. The van der Waals surface area contributed by atoms with E-state index in [1.807, 2.05) is 18.2 Å². The highest BCUT2D eigenvalue weighted by Crippen LogP contribution is 2.55. The van der Waals surface area contributed by atoms with Gasteiger partial charge in [-0.2, -0.15) is 5.10 Å². The molecular formula is C18H13ClN6O2. The molecule has 0 radical (unpaired) electrons. The zero-order chi connectivity index (χ0) is 18.5. The maximum absolute atomic E-state index is 12.2. The summed E-state index contributed by atoms with van der Waals surface area (Å²) in [6, 6.07) is 5.64. The zero-order valence-electron chi connectivity index (χ0n) is 13.9. The van der Waals surface area contributed by atoms with Gasteiger partial charge in [0.25, 0.3) is 5.56 Å². The number of aromatic amines is 2. The van der Waals surface area contributed by atoms with Crippen LogP contribution >= 0.6 is 11.6 Å². The summed E-state index contributed by atoms with van der Waals surface area (Å²) in [6.45, 7) is 0. The van der Waals surface area contributed by atoms with Crippen molar-refractivity contribution in [1.29, 1.82) is 0 Å². The first-order chi connectivity index (χ1) is 13.1. The molecule has 1 aliphatic rings. The molecule has 0 unspecified atom stereocenters. The predicted octanol–water partition coefficient (Wildman–Crippen LogP) is 2.09. The van der Waals surface area contributed by atoms with Crippen LogP contribution in [0, 0.1) is 0 Å². The number of nitrogens with zero attached hydrogens (tertiary/aromatic N) is 4. The molecule has 2 N–H and O–H groups in total. The molecule has 4 aromatic rings. The summed E-state index contributed by atoms with van der Waals surface area (Å²) in [5.74, 6) is 0.499. The van der Waals surface area contributed by atoms with Gasteiger partial charge in [-0.1, -0.05) is 11.6 Å². The van der Waals surface area contributed by atoms with Gasteiger partial charge < -0.3 is 4.98 Å². The lowest BCUT2D eigenvalue weighted by molar-refractivity contribution is 0.899. The number of halogens is 1. The molecule has 1 saturated carbocycles. The van der Waals surface area contributed by atoms with Crippen molar-refractivity contribution in [2.24, 2.45) is 0 Å². The molecule has 0 aliphatic heterocycles. The maximum atomic E-state index is 12.2. The Hall–Kier alpha value is -3.26. The quantitative estimate of drug-likeness (QED) is 0.565. The summed E-state index contributed by atoms with van der Waals surface area (Å²) in [7, 11) is 0. The van der Waals surface area contributed by atoms with Crippen molar-refractivity contribution in [3.8, 4) is 11.3 Å². The van der Waals surface area contributed by atoms with Gasteiger partial charge in [-0.15, -0.1) is 0 Å². The molecule has 0 aromatic carbocycles. The number of aromatic nitrogens is 6. The average Bonchev–Trinajstić information content (AvgIpc) is 3.30. The third-order valence-corrected chi connectivity index (χ3v) is 5.03. The van der Waals surface area contributed by atoms with Gasteiger partial charge in [0, 0.05) is 42.0 Å². The van der Waals surface area contributed by atoms with Crippen molar-refractivity contribution < 1.29 is 0 Å². The van der Waals surface area contributed by atoms with Crippen LogP contribution in [-0.2, 0) is 0 Å². The van der Waals surface area contributed by atoms with Crippen LogP contribution in [0.25, 0.3) is 16.9 Å². The minimum Gasteiger partial charge on any atom is -0.313 e. The van der Waals surface area contributed by atoms with E-state index in [1.165, 1.54) is 6.20 Å². The van der Waals surface area contributed by atoms with Gasteiger partial charge in [-0.05, 0) is 30.5 Å². The molecular weight excluding hydrogens is 368 g/mol. The molecule has 1 fully saturated rings. The Bertz CT molecular complexity index is 1270. The van der Waals surface area contributed by atoms with Crippen molar-refractivity contribution in [2.75, 3.05) is 0 Å². The summed E-state index contributed by atoms with van der Waals surface area (Å²) in [5.41, 5.74) is 2.47. The van der Waals surface area contributed by atoms with Crippen LogP contribution in [0.4, 0.5) is 0 Å². The first-order valence-electron chi connectivity index (χ1n) is 8.38. The van der Waals surface area contributed by atoms with Gasteiger partial charge >= 0.3 is 5.69 Å². The highest BCUT2D eigenvalue weighted by molar-refractivity contribution is 6.30. The molecule has 5 rings (SSSR count). The number of nitrogens with one attached hydrogen (secondary N) is 2. The molecule has 8 nitrogen and oxygen atoms in total. The second-order valence-electron chi connectivity index (χ2n) is 6.52. The van der Waals surface area contributed by atoms with Gasteiger partial charge in [-0.25, -0.2) is 14.3 Å². The van der Waals surface area contributed by atoms with E-state index in [0.29, 0.717) is 16.3 Å². The molecule has 4 heterocycles. The number of fused-ring (bicyclic) bond motifs is 1. The summed E-state index contributed by atoms with van der Waals surface area (Å²) in [6.07, 6.45) is 7.36. The van der Waals surface area contributed by atoms with Crippen LogP contribution in [0.15, 0.2) is 52.6 Å². The van der Waals surface area contributed by atoms with E-state index in [1.54, 1.807) is 23.1 Å². The van der Waals surface area contributed by atoms with Crippen LogP contribution in [0.3, 0.4) is 0 Å². The number of hydrogen-bond donors (Lipinski definition) is 2. The third kappa shape index (κ3) is 2.74. The Kier molecular flexibility index (Phi) is 3.48. The Labute approximate surface area is 156 Å². The molecule has 0 bridgehead atoms. The second kappa shape index (κ2) is 5.88. The lowest BCUT2D eigenvalue weighted by Gasteiger charge is -2.07. The molecule has 4 aromatic heterocycles. The van der Waals surface area contributed by atoms with Gasteiger partial charge in [0.1, 0.15) is 0 Å². The molecule has 134 valence electrons. The molecule has 0 amide bonds. The van der Waals surface area contributed by atoms with Crippen molar-refractivity contribution in [3.05, 3.63) is 80.1 Å². The first kappa shape index (κ1) is 16.0. The van der Waals surface area contributed by atoms with E-state index in [2.05, 4.69) is 25.0 Å². The number of rotatable bonds is 3. The Balaban J connectivity index is 1.60. The monoisotopic (exact) mass is 380 g/mol. The topological polar surface area (TPSA) is 109 Å². The van der Waals surface area contributed by atoms with E-state index in [0.717, 1.165) is 23.3 Å². The van der Waals surface area contributed by atoms with Crippen molar-refractivity contribution in [3.63, 3.8) is 0 Å². The fourth-order valence-corrected chi connectivity index (χ4v) is 3.53. The summed E-state index contributed by atoms with van der Waals surface area (Å²) in [5, 5.41) is 5.06. The molecule has 1 aliphatic carbocycles. The standard InChI is InChI=1S/C18H13ClN6O2/c19-9-1-2-14(21-7-9)11-5-10(11)12-6-15(24-25-4-3-20-16(12)25)13-8-22-18(27)23-17(13)26/h1-4,6-8,10-11H,5H2,(H2,22,23,26,27)/t10-,11-/m0/s1. The van der Waals surface area contributed by atoms with E-state index in [-0.39, 0.29) is 11.8 Å². The molecule has 27 heavy (non-hydrogen) atoms. The summed E-state index contributed by atoms with van der Waals surface area (Å²) in [4.78, 5) is 37.0. The number of imidazole rings is 1. The molecule has 2 atom stereocenters. The summed E-state index contributed by atoms with van der Waals surface area (Å²) >= 11 is 5.93. The van der Waals surface area contributed by atoms with Crippen molar-refractivity contribution in [1.82, 2.24) is 29.5 Å². The second-order valence-corrected chi connectivity index (χ2v) is 6.95. The SMILES string of the molecule is O=c1[nH]cc(-c2cc([C@H]3C[C@@H]3c3ccc(Cl)cn3)c3nccn3n2)c(=O)[nH]1. The fraction of sp³-hybridized carbons (Fsp3) is 0.167. The van der Waals surface area contributed by atoms with Crippen molar-refractivity contribution >= 4 is 17.2 Å². The lowest BCUT2D eigenvalue weighted by Crippen LogP contribution is -2.23. The van der Waals surface area contributed by atoms with Crippen LogP contribution in [0.5, 0.6) is 0 Å². The largest absolute Gasteiger partial charge is 0.325 e.